The van der Waals surface area contributed by atoms with Crippen molar-refractivity contribution in [3.8, 4) is 22.5 Å². The van der Waals surface area contributed by atoms with Crippen LogP contribution in [0, 0.1) is 5.82 Å². The maximum Gasteiger partial charge on any atom is 0.142 e. The van der Waals surface area contributed by atoms with Crippen LogP contribution in [0.1, 0.15) is 0 Å². The summed E-state index contributed by atoms with van der Waals surface area (Å²) in [4.78, 5) is 0. The number of thiophene rings is 1. The van der Waals surface area contributed by atoms with Gasteiger partial charge in [0.05, 0.1) is 5.02 Å². The third-order valence-corrected chi connectivity index (χ3v) is 3.53. The Balaban J connectivity index is 2.13. The molecule has 0 amide bonds. The number of hydrogen-bond acceptors (Lipinski definition) is 3. The van der Waals surface area contributed by atoms with Crippen LogP contribution in [0.15, 0.2) is 35.0 Å². The van der Waals surface area contributed by atoms with Crippen LogP contribution in [0.3, 0.4) is 0 Å². The molecule has 0 atom stereocenters. The topological polar surface area (TPSA) is 41.6 Å². The lowest BCUT2D eigenvalue weighted by Crippen LogP contribution is -1.85. The number of nitrogens with zero attached hydrogens (tertiary/aromatic N) is 2. The highest BCUT2D eigenvalue weighted by molar-refractivity contribution is 7.08. The van der Waals surface area contributed by atoms with Crippen LogP contribution >= 0.6 is 22.9 Å². The molecule has 90 valence electrons. The van der Waals surface area contributed by atoms with Crippen molar-refractivity contribution in [2.75, 3.05) is 0 Å². The van der Waals surface area contributed by atoms with Crippen LogP contribution in [0.5, 0.6) is 0 Å². The summed E-state index contributed by atoms with van der Waals surface area (Å²) < 4.78 is 13.5. The van der Waals surface area contributed by atoms with Crippen molar-refractivity contribution in [3.05, 3.63) is 45.9 Å². The fourth-order valence-electron chi connectivity index (χ4n) is 1.68. The molecule has 6 heteroatoms. The summed E-state index contributed by atoms with van der Waals surface area (Å²) in [5.74, 6) is -0.464. The number of nitrogens with one attached hydrogen (secondary N) is 1. The molecule has 0 saturated carbocycles. The first-order valence-electron chi connectivity index (χ1n) is 5.14. The molecule has 2 aromatic heterocycles. The number of aromatic nitrogens is 3. The Morgan fingerprint density at radius 3 is 2.56 bits per heavy atom. The van der Waals surface area contributed by atoms with Crippen molar-refractivity contribution in [2.45, 2.75) is 0 Å². The molecule has 0 aliphatic heterocycles. The molecule has 1 N–H and O–H groups in total. The minimum Gasteiger partial charge on any atom is -0.205 e. The molecular weight excluding hydrogens is 273 g/mol. The minimum absolute atomic E-state index is 0.0966. The largest absolute Gasteiger partial charge is 0.205 e. The molecule has 3 nitrogen and oxygen atoms in total. The van der Waals surface area contributed by atoms with Crippen LogP contribution in [-0.4, -0.2) is 15.4 Å². The normalized spacial score (nSPS) is 10.8. The van der Waals surface area contributed by atoms with E-state index < -0.39 is 5.82 Å². The fourth-order valence-corrected chi connectivity index (χ4v) is 2.43. The Kier molecular flexibility index (Phi) is 2.85. The van der Waals surface area contributed by atoms with Gasteiger partial charge in [-0.3, -0.25) is 0 Å². The van der Waals surface area contributed by atoms with Gasteiger partial charge >= 0.3 is 0 Å². The van der Waals surface area contributed by atoms with Gasteiger partial charge in [0, 0.05) is 16.5 Å². The number of hydrogen-bond donors (Lipinski definition) is 1. The summed E-state index contributed by atoms with van der Waals surface area (Å²) in [6, 6.07) is 6.53. The summed E-state index contributed by atoms with van der Waals surface area (Å²) in [6.07, 6.45) is 0. The molecule has 3 aromatic rings. The van der Waals surface area contributed by atoms with E-state index in [1.165, 1.54) is 12.1 Å². The molecule has 0 fully saturated rings. The van der Waals surface area contributed by atoms with Crippen molar-refractivity contribution in [1.82, 2.24) is 15.4 Å². The van der Waals surface area contributed by atoms with E-state index in [4.69, 9.17) is 11.6 Å². The van der Waals surface area contributed by atoms with Crippen LogP contribution in [0.25, 0.3) is 22.5 Å². The summed E-state index contributed by atoms with van der Waals surface area (Å²) in [5.41, 5.74) is 2.92. The summed E-state index contributed by atoms with van der Waals surface area (Å²) in [5, 5.41) is 14.8. The Hall–Kier alpha value is -1.72. The van der Waals surface area contributed by atoms with E-state index >= 15 is 0 Å². The number of halogens is 2. The second kappa shape index (κ2) is 4.51. The zero-order chi connectivity index (χ0) is 12.5. The van der Waals surface area contributed by atoms with Gasteiger partial charge in [-0.2, -0.15) is 26.7 Å². The Morgan fingerprint density at radius 1 is 1.11 bits per heavy atom. The third-order valence-electron chi connectivity index (χ3n) is 2.54. The minimum atomic E-state index is -0.464. The number of benzene rings is 1. The Morgan fingerprint density at radius 2 is 1.89 bits per heavy atom. The van der Waals surface area contributed by atoms with Crippen LogP contribution in [0.2, 0.25) is 5.02 Å². The standard InChI is InChI=1S/C12H7ClFN3S/c13-9-2-1-7(5-10(9)14)11-12(16-17-15-11)8-3-4-18-6-8/h1-6H,(H,15,16,17). The molecule has 0 spiro atoms. The van der Waals surface area contributed by atoms with Gasteiger partial charge in [-0.05, 0) is 23.6 Å². The van der Waals surface area contributed by atoms with E-state index in [9.17, 15) is 4.39 Å². The Bertz CT molecular complexity index is 678. The summed E-state index contributed by atoms with van der Waals surface area (Å²) in [6.45, 7) is 0. The molecule has 1 aromatic carbocycles. The zero-order valence-electron chi connectivity index (χ0n) is 9.02. The van der Waals surface area contributed by atoms with E-state index in [0.717, 1.165) is 5.56 Å². The maximum atomic E-state index is 13.5. The van der Waals surface area contributed by atoms with Gasteiger partial charge in [0.15, 0.2) is 0 Å². The molecule has 0 radical (unpaired) electrons. The molecule has 2 heterocycles. The zero-order valence-corrected chi connectivity index (χ0v) is 10.6. The van der Waals surface area contributed by atoms with E-state index in [0.29, 0.717) is 17.0 Å². The molecule has 3 rings (SSSR count). The molecule has 0 unspecified atom stereocenters. The second-order valence-electron chi connectivity index (χ2n) is 3.66. The van der Waals surface area contributed by atoms with Gasteiger partial charge in [-0.1, -0.05) is 17.7 Å². The third kappa shape index (κ3) is 1.91. The molecule has 0 aliphatic rings. The molecule has 0 bridgehead atoms. The van der Waals surface area contributed by atoms with Crippen molar-refractivity contribution in [2.24, 2.45) is 0 Å². The van der Waals surface area contributed by atoms with Crippen LogP contribution < -0.4 is 0 Å². The quantitative estimate of drug-likeness (QED) is 0.770. The predicted molar refractivity (Wildman–Crippen MR) is 70.1 cm³/mol. The average molecular weight is 280 g/mol. The molecule has 0 aliphatic carbocycles. The highest BCUT2D eigenvalue weighted by Crippen LogP contribution is 2.31. The number of aromatic amines is 1. The smallest absolute Gasteiger partial charge is 0.142 e. The first-order chi connectivity index (χ1) is 8.75. The van der Waals surface area contributed by atoms with Gasteiger partial charge in [-0.15, -0.1) is 0 Å². The van der Waals surface area contributed by atoms with Gasteiger partial charge in [0.2, 0.25) is 0 Å². The first kappa shape index (κ1) is 11.4. The van der Waals surface area contributed by atoms with Gasteiger partial charge in [0.25, 0.3) is 0 Å². The van der Waals surface area contributed by atoms with Crippen molar-refractivity contribution in [3.63, 3.8) is 0 Å². The fraction of sp³-hybridized carbons (Fsp3) is 0. The second-order valence-corrected chi connectivity index (χ2v) is 4.85. The summed E-state index contributed by atoms with van der Waals surface area (Å²) >= 11 is 7.23. The number of rotatable bonds is 2. The van der Waals surface area contributed by atoms with E-state index in [1.807, 2.05) is 16.8 Å². The van der Waals surface area contributed by atoms with Crippen LogP contribution in [0.4, 0.5) is 4.39 Å². The lowest BCUT2D eigenvalue weighted by Gasteiger charge is -2.00. The molecular formula is C12H7ClFN3S. The molecule has 0 saturated heterocycles. The van der Waals surface area contributed by atoms with Crippen molar-refractivity contribution in [1.29, 1.82) is 0 Å². The number of H-pyrrole nitrogens is 1. The lowest BCUT2D eigenvalue weighted by atomic mass is 10.1. The molecule has 18 heavy (non-hydrogen) atoms. The van der Waals surface area contributed by atoms with Gasteiger partial charge < -0.3 is 0 Å². The summed E-state index contributed by atoms with van der Waals surface area (Å²) in [7, 11) is 0. The highest BCUT2D eigenvalue weighted by atomic mass is 35.5. The SMILES string of the molecule is Fc1cc(-c2n[nH]nc2-c2ccsc2)ccc1Cl. The van der Waals surface area contributed by atoms with Crippen molar-refractivity contribution >= 4 is 22.9 Å². The van der Waals surface area contributed by atoms with E-state index in [2.05, 4.69) is 15.4 Å². The van der Waals surface area contributed by atoms with Gasteiger partial charge in [-0.25, -0.2) is 4.39 Å². The van der Waals surface area contributed by atoms with Crippen molar-refractivity contribution < 1.29 is 4.39 Å². The van der Waals surface area contributed by atoms with E-state index in [-0.39, 0.29) is 5.02 Å². The lowest BCUT2D eigenvalue weighted by molar-refractivity contribution is 0.628. The average Bonchev–Trinajstić information content (AvgIpc) is 3.00. The highest BCUT2D eigenvalue weighted by Gasteiger charge is 2.14. The monoisotopic (exact) mass is 279 g/mol. The van der Waals surface area contributed by atoms with E-state index in [1.54, 1.807) is 17.4 Å². The predicted octanol–water partition coefficient (Wildman–Crippen LogP) is 3.99. The van der Waals surface area contributed by atoms with Crippen LogP contribution in [-0.2, 0) is 0 Å². The first-order valence-corrected chi connectivity index (χ1v) is 6.46. The maximum absolute atomic E-state index is 13.5. The Labute approximate surface area is 111 Å². The van der Waals surface area contributed by atoms with Gasteiger partial charge in [0.1, 0.15) is 17.2 Å².